The van der Waals surface area contributed by atoms with Gasteiger partial charge in [0.25, 0.3) is 0 Å². The van der Waals surface area contributed by atoms with E-state index in [0.717, 1.165) is 23.1 Å². The maximum Gasteiger partial charge on any atom is 0.249 e. The third-order valence-corrected chi connectivity index (χ3v) is 4.01. The van der Waals surface area contributed by atoms with Crippen LogP contribution in [0, 0.1) is 0 Å². The van der Waals surface area contributed by atoms with E-state index < -0.39 is 0 Å². The van der Waals surface area contributed by atoms with Gasteiger partial charge in [-0.15, -0.1) is 11.3 Å². The predicted octanol–water partition coefficient (Wildman–Crippen LogP) is 0.494. The molecule has 0 aromatic carbocycles. The fourth-order valence-electron chi connectivity index (χ4n) is 2.03. The number of nitrogens with zero attached hydrogens (tertiary/aromatic N) is 2. The Balaban J connectivity index is 2.15. The van der Waals surface area contributed by atoms with Crippen LogP contribution in [0.2, 0.25) is 0 Å². The summed E-state index contributed by atoms with van der Waals surface area (Å²) < 4.78 is 0. The molecular weight excluding hydrogens is 264 g/mol. The van der Waals surface area contributed by atoms with Gasteiger partial charge in [0.15, 0.2) is 5.13 Å². The molecule has 2 heterocycles. The smallest absolute Gasteiger partial charge is 0.249 e. The maximum atomic E-state index is 11.8. The van der Waals surface area contributed by atoms with Gasteiger partial charge in [-0.2, -0.15) is 0 Å². The summed E-state index contributed by atoms with van der Waals surface area (Å²) in [5.74, 6) is -0.500. The Morgan fingerprint density at radius 1 is 1.53 bits per heavy atom. The van der Waals surface area contributed by atoms with Crippen molar-refractivity contribution in [3.63, 3.8) is 0 Å². The predicted molar refractivity (Wildman–Crippen MR) is 74.1 cm³/mol. The number of piperazine rings is 1. The summed E-state index contributed by atoms with van der Waals surface area (Å²) in [6, 6.07) is -0.309. The van der Waals surface area contributed by atoms with E-state index in [4.69, 9.17) is 0 Å². The summed E-state index contributed by atoms with van der Waals surface area (Å²) in [6.07, 6.45) is 2.45. The standard InChI is InChI=1S/C12H18N4O2S/c1-3-9-11(18)15-10(17)7-16(9)12-14-6-8(19-12)5-13-4-2/h6,9,13H,3-5,7H2,1-2H3,(H,15,17,18). The number of imide groups is 1. The summed E-state index contributed by atoms with van der Waals surface area (Å²) in [6.45, 7) is 5.83. The Labute approximate surface area is 116 Å². The molecule has 7 heteroatoms. The van der Waals surface area contributed by atoms with Gasteiger partial charge in [-0.1, -0.05) is 13.8 Å². The van der Waals surface area contributed by atoms with E-state index in [0.29, 0.717) is 6.42 Å². The van der Waals surface area contributed by atoms with Gasteiger partial charge in [0.1, 0.15) is 12.6 Å². The lowest BCUT2D eigenvalue weighted by atomic mass is 10.1. The van der Waals surface area contributed by atoms with Crippen molar-refractivity contribution in [2.24, 2.45) is 0 Å². The van der Waals surface area contributed by atoms with Crippen molar-refractivity contribution in [3.05, 3.63) is 11.1 Å². The molecule has 6 nitrogen and oxygen atoms in total. The highest BCUT2D eigenvalue weighted by molar-refractivity contribution is 7.15. The fourth-order valence-corrected chi connectivity index (χ4v) is 2.96. The van der Waals surface area contributed by atoms with Gasteiger partial charge < -0.3 is 10.2 Å². The molecule has 0 spiro atoms. The summed E-state index contributed by atoms with van der Waals surface area (Å²) in [7, 11) is 0. The molecule has 1 aliphatic rings. The zero-order valence-corrected chi connectivity index (χ0v) is 11.9. The van der Waals surface area contributed by atoms with Crippen molar-refractivity contribution in [2.45, 2.75) is 32.9 Å². The van der Waals surface area contributed by atoms with E-state index in [-0.39, 0.29) is 24.4 Å². The number of hydrogen-bond donors (Lipinski definition) is 2. The SMILES string of the molecule is CCNCc1cnc(N2CC(=O)NC(=O)C2CC)s1. The van der Waals surface area contributed by atoms with Gasteiger partial charge in [-0.05, 0) is 13.0 Å². The summed E-state index contributed by atoms with van der Waals surface area (Å²) in [5.41, 5.74) is 0. The van der Waals surface area contributed by atoms with Crippen LogP contribution < -0.4 is 15.5 Å². The molecule has 19 heavy (non-hydrogen) atoms. The largest absolute Gasteiger partial charge is 0.327 e. The van der Waals surface area contributed by atoms with Gasteiger partial charge in [0.2, 0.25) is 11.8 Å². The van der Waals surface area contributed by atoms with E-state index >= 15 is 0 Å². The second-order valence-electron chi connectivity index (χ2n) is 4.35. The maximum absolute atomic E-state index is 11.8. The minimum Gasteiger partial charge on any atom is -0.327 e. The highest BCUT2D eigenvalue weighted by Crippen LogP contribution is 2.26. The molecule has 1 saturated heterocycles. The van der Waals surface area contributed by atoms with Gasteiger partial charge in [-0.3, -0.25) is 14.9 Å². The molecule has 104 valence electrons. The van der Waals surface area contributed by atoms with E-state index in [1.807, 2.05) is 13.8 Å². The van der Waals surface area contributed by atoms with E-state index in [1.54, 1.807) is 11.1 Å². The second-order valence-corrected chi connectivity index (χ2v) is 5.45. The number of thiazole rings is 1. The van der Waals surface area contributed by atoms with Crippen LogP contribution >= 0.6 is 11.3 Å². The van der Waals surface area contributed by atoms with Crippen LogP contribution in [0.4, 0.5) is 5.13 Å². The third-order valence-electron chi connectivity index (χ3n) is 2.98. The first-order chi connectivity index (χ1) is 9.15. The first-order valence-electron chi connectivity index (χ1n) is 6.41. The number of nitrogens with one attached hydrogen (secondary N) is 2. The molecule has 0 saturated carbocycles. The zero-order valence-electron chi connectivity index (χ0n) is 11.1. The van der Waals surface area contributed by atoms with E-state index in [2.05, 4.69) is 15.6 Å². The van der Waals surface area contributed by atoms with Crippen LogP contribution in [-0.4, -0.2) is 35.9 Å². The number of anilines is 1. The van der Waals surface area contributed by atoms with E-state index in [1.165, 1.54) is 11.3 Å². The van der Waals surface area contributed by atoms with Crippen molar-refractivity contribution in [1.29, 1.82) is 0 Å². The number of carbonyl (C=O) groups excluding carboxylic acids is 2. The van der Waals surface area contributed by atoms with Crippen molar-refractivity contribution < 1.29 is 9.59 Å². The number of carbonyl (C=O) groups is 2. The first-order valence-corrected chi connectivity index (χ1v) is 7.23. The molecule has 1 aliphatic heterocycles. The molecular formula is C12H18N4O2S. The molecule has 0 radical (unpaired) electrons. The van der Waals surface area contributed by atoms with Crippen LogP contribution in [-0.2, 0) is 16.1 Å². The Kier molecular flexibility index (Phi) is 4.49. The summed E-state index contributed by atoms with van der Waals surface area (Å²) in [5, 5.41) is 6.33. The van der Waals surface area contributed by atoms with Gasteiger partial charge in [0.05, 0.1) is 0 Å². The lowest BCUT2D eigenvalue weighted by Crippen LogP contribution is -2.58. The minimum absolute atomic E-state index is 0.193. The van der Waals surface area contributed by atoms with Crippen LogP contribution in [0.1, 0.15) is 25.1 Å². The Hall–Kier alpha value is -1.47. The molecule has 1 fully saturated rings. The van der Waals surface area contributed by atoms with Gasteiger partial charge >= 0.3 is 0 Å². The van der Waals surface area contributed by atoms with E-state index in [9.17, 15) is 9.59 Å². The second kappa shape index (κ2) is 6.12. The molecule has 2 N–H and O–H groups in total. The van der Waals surface area contributed by atoms with Crippen molar-refractivity contribution in [2.75, 3.05) is 18.0 Å². The number of rotatable bonds is 5. The first kappa shape index (κ1) is 14.0. The topological polar surface area (TPSA) is 74.3 Å². The summed E-state index contributed by atoms with van der Waals surface area (Å²) in [4.78, 5) is 30.5. The Morgan fingerprint density at radius 2 is 2.32 bits per heavy atom. The molecule has 1 atom stereocenters. The average Bonchev–Trinajstić information content (AvgIpc) is 2.84. The highest BCUT2D eigenvalue weighted by atomic mass is 32.1. The minimum atomic E-state index is -0.309. The average molecular weight is 282 g/mol. The normalized spacial score (nSPS) is 19.7. The lowest BCUT2D eigenvalue weighted by Gasteiger charge is -2.32. The lowest BCUT2D eigenvalue weighted by molar-refractivity contribution is -0.132. The van der Waals surface area contributed by atoms with Crippen molar-refractivity contribution in [1.82, 2.24) is 15.6 Å². The van der Waals surface area contributed by atoms with Crippen LogP contribution in [0.5, 0.6) is 0 Å². The summed E-state index contributed by atoms with van der Waals surface area (Å²) >= 11 is 1.52. The number of amides is 2. The van der Waals surface area contributed by atoms with Crippen molar-refractivity contribution >= 4 is 28.3 Å². The van der Waals surface area contributed by atoms with Gasteiger partial charge in [0, 0.05) is 17.6 Å². The van der Waals surface area contributed by atoms with Crippen molar-refractivity contribution in [3.8, 4) is 0 Å². The Morgan fingerprint density at radius 3 is 3.00 bits per heavy atom. The highest BCUT2D eigenvalue weighted by Gasteiger charge is 2.33. The van der Waals surface area contributed by atoms with Crippen LogP contribution in [0.3, 0.4) is 0 Å². The molecule has 0 aliphatic carbocycles. The quantitative estimate of drug-likeness (QED) is 0.769. The van der Waals surface area contributed by atoms with Crippen LogP contribution in [0.25, 0.3) is 0 Å². The monoisotopic (exact) mass is 282 g/mol. The molecule has 2 amide bonds. The number of hydrogen-bond acceptors (Lipinski definition) is 6. The molecule has 1 aromatic heterocycles. The molecule has 1 aromatic rings. The zero-order chi connectivity index (χ0) is 13.8. The Bertz CT molecular complexity index is 474. The van der Waals surface area contributed by atoms with Crippen LogP contribution in [0.15, 0.2) is 6.20 Å². The number of aromatic nitrogens is 1. The molecule has 1 unspecified atom stereocenters. The van der Waals surface area contributed by atoms with Gasteiger partial charge in [-0.25, -0.2) is 4.98 Å². The molecule has 0 bridgehead atoms. The third kappa shape index (κ3) is 3.10. The fraction of sp³-hybridized carbons (Fsp3) is 0.583. The molecule has 2 rings (SSSR count).